The molecule has 0 aromatic heterocycles. The van der Waals surface area contributed by atoms with Crippen LogP contribution >= 0.6 is 0 Å². The highest BCUT2D eigenvalue weighted by atomic mass is 19.1. The van der Waals surface area contributed by atoms with Crippen LogP contribution in [-0.2, 0) is 10.8 Å². The summed E-state index contributed by atoms with van der Waals surface area (Å²) in [6.07, 6.45) is 0. The number of Topliss-reactive ketones (excluding diaryl/α,β-unsaturated/α-hetero) is 2. The van der Waals surface area contributed by atoms with Gasteiger partial charge in [-0.3, -0.25) is 9.59 Å². The van der Waals surface area contributed by atoms with Gasteiger partial charge >= 0.3 is 0 Å². The van der Waals surface area contributed by atoms with Crippen molar-refractivity contribution < 1.29 is 18.4 Å². The van der Waals surface area contributed by atoms with Crippen molar-refractivity contribution in [2.24, 2.45) is 11.8 Å². The summed E-state index contributed by atoms with van der Waals surface area (Å²) in [6, 6.07) is 27.5. The van der Waals surface area contributed by atoms with E-state index in [1.165, 1.54) is 24.3 Å². The summed E-state index contributed by atoms with van der Waals surface area (Å²) >= 11 is 0. The summed E-state index contributed by atoms with van der Waals surface area (Å²) in [6.45, 7) is 0. The molecular weight excluding hydrogens is 430 g/mol. The van der Waals surface area contributed by atoms with E-state index >= 15 is 0 Å². The first-order valence-electron chi connectivity index (χ1n) is 11.3. The molecule has 3 aliphatic rings. The van der Waals surface area contributed by atoms with Crippen LogP contribution in [0.25, 0.3) is 0 Å². The molecule has 0 radical (unpaired) electrons. The molecule has 1 fully saturated rings. The van der Waals surface area contributed by atoms with Gasteiger partial charge in [0, 0.05) is 33.8 Å². The van der Waals surface area contributed by atoms with E-state index in [0.29, 0.717) is 11.1 Å². The van der Waals surface area contributed by atoms with Crippen molar-refractivity contribution in [1.29, 1.82) is 0 Å². The molecule has 34 heavy (non-hydrogen) atoms. The maximum absolute atomic E-state index is 14.1. The van der Waals surface area contributed by atoms with Crippen molar-refractivity contribution in [2.45, 2.75) is 10.8 Å². The van der Waals surface area contributed by atoms with E-state index in [-0.39, 0.29) is 23.2 Å². The lowest BCUT2D eigenvalue weighted by atomic mass is 9.34. The topological polar surface area (TPSA) is 34.1 Å². The summed E-state index contributed by atoms with van der Waals surface area (Å²) in [4.78, 5) is 27.8. The Hall–Kier alpha value is -3.92. The van der Waals surface area contributed by atoms with Crippen LogP contribution in [0.2, 0.25) is 0 Å². The molecule has 0 aliphatic heterocycles. The number of carbonyl (C=O) groups is 2. The minimum atomic E-state index is -0.918. The number of hydrogen-bond acceptors (Lipinski definition) is 2. The Morgan fingerprint density at radius 2 is 0.853 bits per heavy atom. The van der Waals surface area contributed by atoms with Crippen molar-refractivity contribution >= 4 is 11.6 Å². The Labute approximate surface area is 194 Å². The van der Waals surface area contributed by atoms with E-state index in [0.717, 1.165) is 22.3 Å². The second-order valence-corrected chi connectivity index (χ2v) is 9.40. The lowest BCUT2D eigenvalue weighted by molar-refractivity contribution is 0.00353. The fraction of sp³-hybridized carbons (Fsp3) is 0.133. The molecule has 0 heterocycles. The first-order chi connectivity index (χ1) is 16.5. The summed E-state index contributed by atoms with van der Waals surface area (Å²) in [7, 11) is 0. The third kappa shape index (κ3) is 1.94. The zero-order valence-corrected chi connectivity index (χ0v) is 18.0. The van der Waals surface area contributed by atoms with E-state index in [1.807, 2.05) is 48.5 Å². The molecular formula is C30H18F2O2. The van der Waals surface area contributed by atoms with Crippen LogP contribution in [0, 0.1) is 23.5 Å². The molecule has 164 valence electrons. The number of benzene rings is 4. The van der Waals surface area contributed by atoms with Crippen molar-refractivity contribution in [3.05, 3.63) is 142 Å². The molecule has 4 heteroatoms. The van der Waals surface area contributed by atoms with Gasteiger partial charge in [0.15, 0.2) is 11.6 Å². The summed E-state index contributed by atoms with van der Waals surface area (Å²) in [5, 5.41) is 0. The third-order valence-electron chi connectivity index (χ3n) is 8.29. The molecule has 0 N–H and O–H groups in total. The van der Waals surface area contributed by atoms with Crippen LogP contribution in [0.1, 0.15) is 43.0 Å². The molecule has 1 saturated carbocycles. The normalized spacial score (nSPS) is 28.1. The number of ketones is 2. The van der Waals surface area contributed by atoms with Gasteiger partial charge in [-0.15, -0.1) is 0 Å². The number of carbonyl (C=O) groups excluding carboxylic acids is 2. The number of rotatable bonds is 2. The molecule has 4 aromatic rings. The van der Waals surface area contributed by atoms with Crippen molar-refractivity contribution in [3.8, 4) is 0 Å². The lowest BCUT2D eigenvalue weighted by Gasteiger charge is -2.64. The second-order valence-electron chi connectivity index (χ2n) is 9.40. The van der Waals surface area contributed by atoms with Crippen LogP contribution in [0.5, 0.6) is 0 Å². The van der Waals surface area contributed by atoms with Crippen LogP contribution < -0.4 is 0 Å². The van der Waals surface area contributed by atoms with Crippen molar-refractivity contribution in [3.63, 3.8) is 0 Å². The minimum absolute atomic E-state index is 0.0659. The van der Waals surface area contributed by atoms with Gasteiger partial charge in [-0.25, -0.2) is 8.78 Å². The second kappa shape index (κ2) is 6.35. The Morgan fingerprint density at radius 3 is 1.24 bits per heavy atom. The maximum atomic E-state index is 14.1. The maximum Gasteiger partial charge on any atom is 0.168 e. The third-order valence-corrected chi connectivity index (χ3v) is 8.29. The molecule has 0 saturated heterocycles. The van der Waals surface area contributed by atoms with Crippen LogP contribution in [0.15, 0.2) is 97.1 Å². The van der Waals surface area contributed by atoms with Gasteiger partial charge in [0.1, 0.15) is 11.6 Å². The van der Waals surface area contributed by atoms with E-state index in [2.05, 4.69) is 0 Å². The number of fused-ring (bicyclic) bond motifs is 8. The molecule has 7 rings (SSSR count). The Kier molecular flexibility index (Phi) is 3.65. The quantitative estimate of drug-likeness (QED) is 0.384. The van der Waals surface area contributed by atoms with E-state index in [4.69, 9.17) is 0 Å². The highest BCUT2D eigenvalue weighted by Gasteiger charge is 2.82. The number of hydrogen-bond donors (Lipinski definition) is 0. The largest absolute Gasteiger partial charge is 0.294 e. The van der Waals surface area contributed by atoms with Gasteiger partial charge in [0.2, 0.25) is 0 Å². The van der Waals surface area contributed by atoms with Crippen LogP contribution in [-0.4, -0.2) is 11.6 Å². The minimum Gasteiger partial charge on any atom is -0.294 e. The first-order valence-corrected chi connectivity index (χ1v) is 11.3. The summed E-state index contributed by atoms with van der Waals surface area (Å²) in [5.74, 6) is -2.12. The number of halogens is 2. The fourth-order valence-electron chi connectivity index (χ4n) is 7.32. The highest BCUT2D eigenvalue weighted by molar-refractivity contribution is 6.17. The van der Waals surface area contributed by atoms with E-state index < -0.39 is 22.7 Å². The summed E-state index contributed by atoms with van der Waals surface area (Å²) in [5.41, 5.74) is 2.59. The zero-order valence-electron chi connectivity index (χ0n) is 18.0. The van der Waals surface area contributed by atoms with Gasteiger partial charge in [-0.2, -0.15) is 0 Å². The fourth-order valence-corrected chi connectivity index (χ4v) is 7.32. The Morgan fingerprint density at radius 1 is 0.500 bits per heavy atom. The van der Waals surface area contributed by atoms with Crippen molar-refractivity contribution in [2.75, 3.05) is 0 Å². The van der Waals surface area contributed by atoms with Crippen LogP contribution in [0.3, 0.4) is 0 Å². The molecule has 4 atom stereocenters. The SMILES string of the molecule is O=C1c2ccccc2[C@]2(c3ccc(F)cc3)[C@H]1[C@@H]1C(=O)c3ccccc3[C@@]12c1ccc(F)cc1. The van der Waals surface area contributed by atoms with Crippen molar-refractivity contribution in [1.82, 2.24) is 0 Å². The van der Waals surface area contributed by atoms with E-state index in [1.54, 1.807) is 24.3 Å². The molecule has 0 bridgehead atoms. The molecule has 3 aliphatic carbocycles. The predicted octanol–water partition coefficient (Wildman–Crippen LogP) is 5.88. The molecule has 2 nitrogen and oxygen atoms in total. The van der Waals surface area contributed by atoms with Gasteiger partial charge in [0.05, 0.1) is 0 Å². The average Bonchev–Trinajstić information content (AvgIpc) is 3.21. The Bertz CT molecular complexity index is 1410. The summed E-state index contributed by atoms with van der Waals surface area (Å²) < 4.78 is 28.1. The smallest absolute Gasteiger partial charge is 0.168 e. The highest BCUT2D eigenvalue weighted by Crippen LogP contribution is 2.77. The molecule has 0 amide bonds. The van der Waals surface area contributed by atoms with Gasteiger partial charge in [-0.1, -0.05) is 72.8 Å². The monoisotopic (exact) mass is 448 g/mol. The molecule has 4 aromatic carbocycles. The van der Waals surface area contributed by atoms with Gasteiger partial charge in [-0.05, 0) is 46.5 Å². The lowest BCUT2D eigenvalue weighted by Crippen LogP contribution is -2.70. The van der Waals surface area contributed by atoms with E-state index in [9.17, 15) is 18.4 Å². The van der Waals surface area contributed by atoms with Gasteiger partial charge in [0.25, 0.3) is 0 Å². The van der Waals surface area contributed by atoms with Gasteiger partial charge < -0.3 is 0 Å². The molecule has 0 unspecified atom stereocenters. The predicted molar refractivity (Wildman–Crippen MR) is 123 cm³/mol. The van der Waals surface area contributed by atoms with Crippen LogP contribution in [0.4, 0.5) is 8.78 Å². The molecule has 0 spiro atoms. The standard InChI is InChI=1S/C30H18F2O2/c31-19-13-9-17(10-14-19)29-23-7-3-1-5-21(23)27(33)25(29)26-28(34)22-6-2-4-8-24(22)30(26,29)18-11-15-20(32)16-12-18/h1-16,25-26H/t25-,26+,29+,30-. The first kappa shape index (κ1) is 19.5. The zero-order chi connectivity index (χ0) is 23.2. The average molecular weight is 448 g/mol. The Balaban J connectivity index is 1.68.